The highest BCUT2D eigenvalue weighted by Gasteiger charge is 2.24. The van der Waals surface area contributed by atoms with E-state index in [1.807, 2.05) is 0 Å². The van der Waals surface area contributed by atoms with Crippen molar-refractivity contribution in [3.8, 4) is 0 Å². The summed E-state index contributed by atoms with van der Waals surface area (Å²) in [5.74, 6) is -0.526. The smallest absolute Gasteiger partial charge is 0.246 e. The van der Waals surface area contributed by atoms with Gasteiger partial charge in [0.05, 0.1) is 0 Å². The second-order valence-corrected chi connectivity index (χ2v) is 6.25. The number of halogens is 1. The van der Waals surface area contributed by atoms with E-state index in [2.05, 4.69) is 4.98 Å². The summed E-state index contributed by atoms with van der Waals surface area (Å²) in [7, 11) is -2.44. The van der Waals surface area contributed by atoms with Crippen molar-refractivity contribution in [2.75, 3.05) is 12.8 Å². The monoisotopic (exact) mass is 295 g/mol. The van der Waals surface area contributed by atoms with E-state index < -0.39 is 15.8 Å². The van der Waals surface area contributed by atoms with Gasteiger partial charge in [0.2, 0.25) is 10.0 Å². The number of rotatable bonds is 4. The molecule has 0 aliphatic carbocycles. The van der Waals surface area contributed by atoms with E-state index in [9.17, 15) is 12.8 Å². The SMILES string of the molecule is CN(Cc1ccccc1F)S(=O)(=O)c1cccnc1N. The number of aromatic nitrogens is 1. The van der Waals surface area contributed by atoms with E-state index in [4.69, 9.17) is 5.73 Å². The zero-order chi connectivity index (χ0) is 14.8. The van der Waals surface area contributed by atoms with Gasteiger partial charge in [0.15, 0.2) is 0 Å². The number of nitrogens with two attached hydrogens (primary N) is 1. The molecule has 0 saturated carbocycles. The predicted octanol–water partition coefficient (Wildman–Crippen LogP) is 1.62. The lowest BCUT2D eigenvalue weighted by Crippen LogP contribution is -2.27. The Kier molecular flexibility index (Phi) is 4.01. The van der Waals surface area contributed by atoms with Gasteiger partial charge in [-0.05, 0) is 18.2 Å². The summed E-state index contributed by atoms with van der Waals surface area (Å²) in [4.78, 5) is 3.67. The maximum absolute atomic E-state index is 13.6. The Morgan fingerprint density at radius 1 is 1.25 bits per heavy atom. The fraction of sp³-hybridized carbons (Fsp3) is 0.154. The van der Waals surface area contributed by atoms with E-state index in [-0.39, 0.29) is 17.3 Å². The molecular formula is C13H14FN3O2S. The van der Waals surface area contributed by atoms with Crippen molar-refractivity contribution in [3.05, 3.63) is 54.0 Å². The third-order valence-electron chi connectivity index (χ3n) is 2.84. The van der Waals surface area contributed by atoms with Gasteiger partial charge in [0.25, 0.3) is 0 Å². The van der Waals surface area contributed by atoms with Crippen molar-refractivity contribution >= 4 is 15.8 Å². The molecular weight excluding hydrogens is 281 g/mol. The van der Waals surface area contributed by atoms with Crippen LogP contribution in [0.25, 0.3) is 0 Å². The van der Waals surface area contributed by atoms with Gasteiger partial charge in [0.1, 0.15) is 16.5 Å². The highest BCUT2D eigenvalue weighted by atomic mass is 32.2. The van der Waals surface area contributed by atoms with Gasteiger partial charge in [0, 0.05) is 25.4 Å². The average Bonchev–Trinajstić information content (AvgIpc) is 2.41. The molecule has 106 valence electrons. The van der Waals surface area contributed by atoms with Crippen molar-refractivity contribution < 1.29 is 12.8 Å². The first-order valence-corrected chi connectivity index (χ1v) is 7.27. The highest BCUT2D eigenvalue weighted by Crippen LogP contribution is 2.21. The van der Waals surface area contributed by atoms with Crippen LogP contribution in [0.3, 0.4) is 0 Å². The van der Waals surface area contributed by atoms with Crippen LogP contribution in [-0.4, -0.2) is 24.8 Å². The summed E-state index contributed by atoms with van der Waals surface area (Å²) in [5, 5.41) is 0. The quantitative estimate of drug-likeness (QED) is 0.930. The Labute approximate surface area is 116 Å². The van der Waals surface area contributed by atoms with Crippen LogP contribution in [-0.2, 0) is 16.6 Å². The second-order valence-electron chi connectivity index (χ2n) is 4.24. The van der Waals surface area contributed by atoms with Crippen molar-refractivity contribution in [2.45, 2.75) is 11.4 Å². The molecule has 0 aliphatic heterocycles. The van der Waals surface area contributed by atoms with Crippen LogP contribution in [0.4, 0.5) is 10.2 Å². The van der Waals surface area contributed by atoms with E-state index in [1.54, 1.807) is 12.1 Å². The molecule has 0 atom stereocenters. The number of hydrogen-bond donors (Lipinski definition) is 1. The zero-order valence-electron chi connectivity index (χ0n) is 10.8. The van der Waals surface area contributed by atoms with Crippen LogP contribution in [0.2, 0.25) is 0 Å². The number of sulfonamides is 1. The summed E-state index contributed by atoms with van der Waals surface area (Å²) in [6, 6.07) is 8.88. The van der Waals surface area contributed by atoms with Crippen molar-refractivity contribution in [1.29, 1.82) is 0 Å². The van der Waals surface area contributed by atoms with Crippen LogP contribution >= 0.6 is 0 Å². The third kappa shape index (κ3) is 2.78. The summed E-state index contributed by atoms with van der Waals surface area (Å²) in [6.45, 7) is -0.0800. The molecule has 1 aromatic heterocycles. The van der Waals surface area contributed by atoms with Crippen LogP contribution in [0.5, 0.6) is 0 Å². The first-order valence-electron chi connectivity index (χ1n) is 5.83. The molecule has 0 amide bonds. The summed E-state index contributed by atoms with van der Waals surface area (Å²) in [6.07, 6.45) is 1.41. The number of benzene rings is 1. The van der Waals surface area contributed by atoms with Crippen molar-refractivity contribution in [3.63, 3.8) is 0 Å². The lowest BCUT2D eigenvalue weighted by molar-refractivity contribution is 0.456. The molecule has 0 radical (unpaired) electrons. The minimum Gasteiger partial charge on any atom is -0.383 e. The molecule has 0 aliphatic rings. The van der Waals surface area contributed by atoms with Gasteiger partial charge in [-0.25, -0.2) is 17.8 Å². The molecule has 2 rings (SSSR count). The Morgan fingerprint density at radius 2 is 1.95 bits per heavy atom. The third-order valence-corrected chi connectivity index (χ3v) is 4.69. The van der Waals surface area contributed by atoms with Crippen LogP contribution < -0.4 is 5.73 Å². The Hall–Kier alpha value is -1.99. The molecule has 20 heavy (non-hydrogen) atoms. The van der Waals surface area contributed by atoms with Crippen LogP contribution in [0.15, 0.2) is 47.5 Å². The van der Waals surface area contributed by atoms with E-state index in [0.717, 1.165) is 4.31 Å². The van der Waals surface area contributed by atoms with E-state index >= 15 is 0 Å². The second kappa shape index (κ2) is 5.56. The molecule has 0 saturated heterocycles. The Morgan fingerprint density at radius 3 is 2.60 bits per heavy atom. The Bertz CT molecular complexity index is 719. The largest absolute Gasteiger partial charge is 0.383 e. The molecule has 2 aromatic rings. The summed E-state index contributed by atoms with van der Waals surface area (Å²) < 4.78 is 39.3. The number of anilines is 1. The first-order chi connectivity index (χ1) is 9.43. The molecule has 7 heteroatoms. The van der Waals surface area contributed by atoms with Gasteiger partial charge < -0.3 is 5.73 Å². The van der Waals surface area contributed by atoms with Gasteiger partial charge >= 0.3 is 0 Å². The zero-order valence-corrected chi connectivity index (χ0v) is 11.6. The highest BCUT2D eigenvalue weighted by molar-refractivity contribution is 7.89. The summed E-state index contributed by atoms with van der Waals surface area (Å²) >= 11 is 0. The van der Waals surface area contributed by atoms with Crippen LogP contribution in [0.1, 0.15) is 5.56 Å². The number of nitrogen functional groups attached to an aromatic ring is 1. The molecule has 5 nitrogen and oxygen atoms in total. The maximum atomic E-state index is 13.6. The molecule has 1 aromatic carbocycles. The number of pyridine rings is 1. The Balaban J connectivity index is 2.31. The molecule has 0 fully saturated rings. The summed E-state index contributed by atoms with van der Waals surface area (Å²) in [5.41, 5.74) is 5.87. The fourth-order valence-electron chi connectivity index (χ4n) is 1.74. The van der Waals surface area contributed by atoms with E-state index in [1.165, 1.54) is 37.5 Å². The molecule has 2 N–H and O–H groups in total. The van der Waals surface area contributed by atoms with Gasteiger partial charge in [-0.1, -0.05) is 18.2 Å². The molecule has 0 spiro atoms. The van der Waals surface area contributed by atoms with Gasteiger partial charge in [-0.15, -0.1) is 0 Å². The minimum atomic E-state index is -3.81. The molecule has 0 bridgehead atoms. The topological polar surface area (TPSA) is 76.3 Å². The minimum absolute atomic E-state index is 0.0760. The predicted molar refractivity (Wildman–Crippen MR) is 73.7 cm³/mol. The molecule has 0 unspecified atom stereocenters. The van der Waals surface area contributed by atoms with Crippen molar-refractivity contribution in [1.82, 2.24) is 9.29 Å². The number of nitrogens with zero attached hydrogens (tertiary/aromatic N) is 2. The maximum Gasteiger partial charge on any atom is 0.246 e. The average molecular weight is 295 g/mol. The van der Waals surface area contributed by atoms with E-state index in [0.29, 0.717) is 5.56 Å². The standard InChI is InChI=1S/C13H14FN3O2S/c1-17(9-10-5-2-3-6-11(10)14)20(18,19)12-7-4-8-16-13(12)15/h2-8H,9H2,1H3,(H2,15,16). The van der Waals surface area contributed by atoms with Crippen molar-refractivity contribution in [2.24, 2.45) is 0 Å². The number of hydrogen-bond acceptors (Lipinski definition) is 4. The van der Waals surface area contributed by atoms with Gasteiger partial charge in [-0.2, -0.15) is 4.31 Å². The normalized spacial score (nSPS) is 11.8. The van der Waals surface area contributed by atoms with Crippen LogP contribution in [0, 0.1) is 5.82 Å². The lowest BCUT2D eigenvalue weighted by atomic mass is 10.2. The lowest BCUT2D eigenvalue weighted by Gasteiger charge is -2.18. The first kappa shape index (κ1) is 14.4. The van der Waals surface area contributed by atoms with Gasteiger partial charge in [-0.3, -0.25) is 0 Å². The fourth-order valence-corrected chi connectivity index (χ4v) is 2.95. The molecule has 1 heterocycles.